The van der Waals surface area contributed by atoms with Crippen molar-refractivity contribution in [2.45, 2.75) is 44.7 Å². The van der Waals surface area contributed by atoms with Gasteiger partial charge in [-0.3, -0.25) is 14.5 Å². The van der Waals surface area contributed by atoms with Gasteiger partial charge >= 0.3 is 0 Å². The highest BCUT2D eigenvalue weighted by Gasteiger charge is 2.41. The molecule has 1 aromatic heterocycles. The maximum absolute atomic E-state index is 13.7. The van der Waals surface area contributed by atoms with E-state index in [1.165, 1.54) is 24.2 Å². The number of methoxy groups -OCH3 is 1. The van der Waals surface area contributed by atoms with Gasteiger partial charge < -0.3 is 9.64 Å². The second kappa shape index (κ2) is 8.90. The summed E-state index contributed by atoms with van der Waals surface area (Å²) in [5, 5.41) is 0.661. The summed E-state index contributed by atoms with van der Waals surface area (Å²) < 4.78 is 6.32. The van der Waals surface area contributed by atoms with Gasteiger partial charge in [0.05, 0.1) is 29.8 Å². The van der Waals surface area contributed by atoms with Crippen molar-refractivity contribution >= 4 is 38.5 Å². The molecular formula is C25H27N3O3S. The first-order valence-electron chi connectivity index (χ1n) is 11.2. The number of carbonyl (C=O) groups is 2. The van der Waals surface area contributed by atoms with Crippen LogP contribution in [0.15, 0.2) is 48.5 Å². The van der Waals surface area contributed by atoms with E-state index < -0.39 is 0 Å². The number of hydrogen-bond donors (Lipinski definition) is 0. The summed E-state index contributed by atoms with van der Waals surface area (Å²) in [4.78, 5) is 35.0. The van der Waals surface area contributed by atoms with E-state index in [1.54, 1.807) is 12.0 Å². The second-order valence-corrected chi connectivity index (χ2v) is 9.63. The maximum atomic E-state index is 13.7. The summed E-state index contributed by atoms with van der Waals surface area (Å²) in [6, 6.07) is 16.0. The van der Waals surface area contributed by atoms with Crippen molar-refractivity contribution in [1.29, 1.82) is 0 Å². The van der Waals surface area contributed by atoms with Crippen molar-refractivity contribution in [1.82, 2.24) is 9.88 Å². The number of likely N-dealkylation sites (tertiary alicyclic amines) is 1. The van der Waals surface area contributed by atoms with Gasteiger partial charge in [0.15, 0.2) is 5.13 Å². The number of benzene rings is 2. The Labute approximate surface area is 191 Å². The molecule has 0 spiro atoms. The van der Waals surface area contributed by atoms with Crippen LogP contribution in [0.5, 0.6) is 5.75 Å². The van der Waals surface area contributed by atoms with Crippen LogP contribution in [0, 0.1) is 5.92 Å². The van der Waals surface area contributed by atoms with Crippen LogP contribution in [0.4, 0.5) is 5.13 Å². The molecule has 7 heteroatoms. The van der Waals surface area contributed by atoms with Gasteiger partial charge in [0.25, 0.3) is 0 Å². The molecule has 2 heterocycles. The quantitative estimate of drug-likeness (QED) is 0.551. The van der Waals surface area contributed by atoms with E-state index in [9.17, 15) is 9.59 Å². The summed E-state index contributed by atoms with van der Waals surface area (Å²) >= 11 is 1.48. The summed E-state index contributed by atoms with van der Waals surface area (Å²) in [6.45, 7) is 0.955. The molecular weight excluding hydrogens is 422 g/mol. The minimum Gasteiger partial charge on any atom is -0.497 e. The maximum Gasteiger partial charge on any atom is 0.234 e. The molecule has 2 amide bonds. The zero-order valence-electron chi connectivity index (χ0n) is 18.2. The number of rotatable bonds is 6. The van der Waals surface area contributed by atoms with Crippen LogP contribution in [0.25, 0.3) is 10.2 Å². The van der Waals surface area contributed by atoms with Crippen LogP contribution in [0.1, 0.15) is 37.7 Å². The van der Waals surface area contributed by atoms with Crippen LogP contribution in [0.3, 0.4) is 0 Å². The molecule has 2 fully saturated rings. The zero-order valence-corrected chi connectivity index (χ0v) is 19.0. The van der Waals surface area contributed by atoms with Crippen LogP contribution in [0.2, 0.25) is 0 Å². The van der Waals surface area contributed by atoms with Gasteiger partial charge in [-0.15, -0.1) is 0 Å². The highest BCUT2D eigenvalue weighted by atomic mass is 32.1. The monoisotopic (exact) mass is 449 g/mol. The van der Waals surface area contributed by atoms with Crippen LogP contribution in [-0.4, -0.2) is 41.4 Å². The third-order valence-corrected chi connectivity index (χ3v) is 7.58. The standard InChI is InChI=1S/C25H27N3O3S/c1-31-20-11-12-21-22(14-20)32-25(26-21)28(15-17-7-3-2-4-8-17)24(30)18-13-23(29)27(16-18)19-9-5-6-10-19/h2-4,7-8,11-12,14,18-19H,5-6,9-10,13,15-16H2,1H3. The Morgan fingerprint density at radius 3 is 2.72 bits per heavy atom. The molecule has 6 nitrogen and oxygen atoms in total. The van der Waals surface area contributed by atoms with Crippen molar-refractivity contribution in [2.24, 2.45) is 5.92 Å². The topological polar surface area (TPSA) is 62.7 Å². The Morgan fingerprint density at radius 2 is 1.97 bits per heavy atom. The number of anilines is 1. The summed E-state index contributed by atoms with van der Waals surface area (Å²) in [5.41, 5.74) is 1.88. The van der Waals surface area contributed by atoms with E-state index in [-0.39, 0.29) is 17.7 Å². The van der Waals surface area contributed by atoms with E-state index in [1.807, 2.05) is 53.4 Å². The lowest BCUT2D eigenvalue weighted by molar-refractivity contribution is -0.130. The van der Waals surface area contributed by atoms with Crippen molar-refractivity contribution < 1.29 is 14.3 Å². The number of amides is 2. The second-order valence-electron chi connectivity index (χ2n) is 8.63. The SMILES string of the molecule is COc1ccc2nc(N(Cc3ccccc3)C(=O)C3CC(=O)N(C4CCCC4)C3)sc2c1. The van der Waals surface area contributed by atoms with Crippen LogP contribution < -0.4 is 9.64 Å². The molecule has 32 heavy (non-hydrogen) atoms. The molecule has 1 aliphatic carbocycles. The highest BCUT2D eigenvalue weighted by molar-refractivity contribution is 7.22. The van der Waals surface area contributed by atoms with Gasteiger partial charge in [-0.2, -0.15) is 0 Å². The Hall–Kier alpha value is -2.93. The Morgan fingerprint density at radius 1 is 1.19 bits per heavy atom. The van der Waals surface area contributed by atoms with E-state index >= 15 is 0 Å². The van der Waals surface area contributed by atoms with Gasteiger partial charge in [-0.1, -0.05) is 54.5 Å². The first-order chi connectivity index (χ1) is 15.6. The van der Waals surface area contributed by atoms with Gasteiger partial charge in [-0.05, 0) is 36.6 Å². The molecule has 0 N–H and O–H groups in total. The van der Waals surface area contributed by atoms with Crippen molar-refractivity contribution in [3.05, 3.63) is 54.1 Å². The van der Waals surface area contributed by atoms with Gasteiger partial charge in [-0.25, -0.2) is 4.98 Å². The normalized spacial score (nSPS) is 19.1. The molecule has 0 bridgehead atoms. The van der Waals surface area contributed by atoms with Gasteiger partial charge in [0, 0.05) is 19.0 Å². The average Bonchev–Trinajstić information content (AvgIpc) is 3.56. The van der Waals surface area contributed by atoms with E-state index in [0.29, 0.717) is 30.7 Å². The number of hydrogen-bond acceptors (Lipinski definition) is 5. The molecule has 2 aromatic carbocycles. The third kappa shape index (κ3) is 4.09. The predicted molar refractivity (Wildman–Crippen MR) is 126 cm³/mol. The first-order valence-corrected chi connectivity index (χ1v) is 12.0. The lowest BCUT2D eigenvalue weighted by Crippen LogP contribution is -2.39. The molecule has 1 saturated heterocycles. The summed E-state index contributed by atoms with van der Waals surface area (Å²) in [6.07, 6.45) is 4.74. The minimum absolute atomic E-state index is 0.0197. The summed E-state index contributed by atoms with van der Waals surface area (Å²) in [7, 11) is 1.64. The van der Waals surface area contributed by atoms with E-state index in [4.69, 9.17) is 9.72 Å². The molecule has 1 unspecified atom stereocenters. The Balaban J connectivity index is 1.44. The molecule has 2 aliphatic rings. The molecule has 1 saturated carbocycles. The molecule has 3 aromatic rings. The first kappa shape index (κ1) is 20.9. The fraction of sp³-hybridized carbons (Fsp3) is 0.400. The molecule has 166 valence electrons. The Kier molecular flexibility index (Phi) is 5.83. The number of carbonyl (C=O) groups excluding carboxylic acids is 2. The fourth-order valence-electron chi connectivity index (χ4n) is 4.83. The predicted octanol–water partition coefficient (Wildman–Crippen LogP) is 4.63. The number of nitrogens with zero attached hydrogens (tertiary/aromatic N) is 3. The van der Waals surface area contributed by atoms with Gasteiger partial charge in [0.1, 0.15) is 5.75 Å². The van der Waals surface area contributed by atoms with Crippen molar-refractivity contribution in [3.8, 4) is 5.75 Å². The number of fused-ring (bicyclic) bond motifs is 1. The minimum atomic E-state index is -0.326. The number of aromatic nitrogens is 1. The zero-order chi connectivity index (χ0) is 22.1. The third-order valence-electron chi connectivity index (χ3n) is 6.54. The number of thiazole rings is 1. The van der Waals surface area contributed by atoms with Crippen molar-refractivity contribution in [2.75, 3.05) is 18.6 Å². The average molecular weight is 450 g/mol. The van der Waals surface area contributed by atoms with Crippen molar-refractivity contribution in [3.63, 3.8) is 0 Å². The van der Waals surface area contributed by atoms with Crippen LogP contribution >= 0.6 is 11.3 Å². The van der Waals surface area contributed by atoms with E-state index in [2.05, 4.69) is 0 Å². The fourth-order valence-corrected chi connectivity index (χ4v) is 5.83. The van der Waals surface area contributed by atoms with E-state index in [0.717, 1.165) is 34.4 Å². The lowest BCUT2D eigenvalue weighted by Gasteiger charge is -2.26. The van der Waals surface area contributed by atoms with Gasteiger partial charge in [0.2, 0.25) is 11.8 Å². The molecule has 1 atom stereocenters. The molecule has 5 rings (SSSR count). The smallest absolute Gasteiger partial charge is 0.234 e. The molecule has 1 aliphatic heterocycles. The molecule has 0 radical (unpaired) electrons. The summed E-state index contributed by atoms with van der Waals surface area (Å²) in [5.74, 6) is 0.535. The number of ether oxygens (including phenoxy) is 1. The lowest BCUT2D eigenvalue weighted by atomic mass is 10.1. The highest BCUT2D eigenvalue weighted by Crippen LogP contribution is 2.35. The van der Waals surface area contributed by atoms with Crippen LogP contribution in [-0.2, 0) is 16.1 Å². The largest absolute Gasteiger partial charge is 0.497 e. The Bertz CT molecular complexity index is 1120.